The highest BCUT2D eigenvalue weighted by Crippen LogP contribution is 2.26. The summed E-state index contributed by atoms with van der Waals surface area (Å²) in [6.45, 7) is 2.48. The summed E-state index contributed by atoms with van der Waals surface area (Å²) in [5, 5.41) is 4.01. The first-order valence-electron chi connectivity index (χ1n) is 7.30. The number of rotatable bonds is 3. The van der Waals surface area contributed by atoms with E-state index < -0.39 is 12.0 Å². The number of hydrogen-bond acceptors (Lipinski definition) is 5. The Balaban J connectivity index is 1.91. The average molecular weight is 315 g/mol. The van der Waals surface area contributed by atoms with Crippen LogP contribution < -0.4 is 5.73 Å². The van der Waals surface area contributed by atoms with Gasteiger partial charge in [-0.05, 0) is 6.92 Å². The van der Waals surface area contributed by atoms with Crippen LogP contribution >= 0.6 is 0 Å². The maximum Gasteiger partial charge on any atom is 0.259 e. The van der Waals surface area contributed by atoms with Gasteiger partial charge in [0.05, 0.1) is 13.2 Å². The summed E-state index contributed by atoms with van der Waals surface area (Å²) in [5.41, 5.74) is 6.96. The zero-order valence-corrected chi connectivity index (χ0v) is 12.7. The van der Waals surface area contributed by atoms with Gasteiger partial charge in [0.15, 0.2) is 6.10 Å². The molecule has 1 fully saturated rings. The Morgan fingerprint density at radius 3 is 2.74 bits per heavy atom. The molecule has 2 N–H and O–H groups in total. The van der Waals surface area contributed by atoms with Crippen molar-refractivity contribution in [2.45, 2.75) is 13.0 Å². The largest absolute Gasteiger partial charge is 0.367 e. The molecular weight excluding hydrogens is 298 g/mol. The van der Waals surface area contributed by atoms with Crippen molar-refractivity contribution in [2.75, 3.05) is 19.7 Å². The van der Waals surface area contributed by atoms with E-state index >= 15 is 0 Å². The van der Waals surface area contributed by atoms with Gasteiger partial charge in [-0.3, -0.25) is 9.59 Å². The molecule has 120 valence electrons. The van der Waals surface area contributed by atoms with Crippen LogP contribution in [0.2, 0.25) is 0 Å². The van der Waals surface area contributed by atoms with Gasteiger partial charge in [0, 0.05) is 12.1 Å². The zero-order valence-electron chi connectivity index (χ0n) is 12.7. The lowest BCUT2D eigenvalue weighted by atomic mass is 10.0. The predicted octanol–water partition coefficient (Wildman–Crippen LogP) is 0.976. The minimum absolute atomic E-state index is 0.132. The molecule has 1 saturated heterocycles. The Labute approximate surface area is 133 Å². The van der Waals surface area contributed by atoms with Gasteiger partial charge >= 0.3 is 0 Å². The summed E-state index contributed by atoms with van der Waals surface area (Å²) in [5.74, 6) is -0.374. The van der Waals surface area contributed by atoms with Crippen molar-refractivity contribution in [1.82, 2.24) is 10.1 Å². The second kappa shape index (κ2) is 6.21. The number of nitrogens with zero attached hydrogens (tertiary/aromatic N) is 2. The van der Waals surface area contributed by atoms with Crippen LogP contribution in [0.15, 0.2) is 34.9 Å². The molecule has 1 aromatic heterocycles. The zero-order chi connectivity index (χ0) is 16.4. The fourth-order valence-corrected chi connectivity index (χ4v) is 2.58. The number of benzene rings is 1. The van der Waals surface area contributed by atoms with Crippen molar-refractivity contribution in [2.24, 2.45) is 5.73 Å². The molecule has 2 aromatic rings. The monoisotopic (exact) mass is 315 g/mol. The van der Waals surface area contributed by atoms with Crippen LogP contribution in [0.1, 0.15) is 16.1 Å². The van der Waals surface area contributed by atoms with Gasteiger partial charge in [0.1, 0.15) is 17.0 Å². The molecule has 0 aliphatic carbocycles. The van der Waals surface area contributed by atoms with Gasteiger partial charge in [-0.1, -0.05) is 35.5 Å². The van der Waals surface area contributed by atoms with Crippen molar-refractivity contribution in [3.05, 3.63) is 41.7 Å². The van der Waals surface area contributed by atoms with E-state index in [9.17, 15) is 9.59 Å². The summed E-state index contributed by atoms with van der Waals surface area (Å²) in [6.07, 6.45) is -0.784. The van der Waals surface area contributed by atoms with Crippen LogP contribution in [0.5, 0.6) is 0 Å². The van der Waals surface area contributed by atoms with Crippen molar-refractivity contribution in [3.63, 3.8) is 0 Å². The molecule has 0 radical (unpaired) electrons. The van der Waals surface area contributed by atoms with Crippen LogP contribution in [-0.4, -0.2) is 47.7 Å². The minimum atomic E-state index is -0.784. The molecule has 1 aliphatic rings. The molecule has 23 heavy (non-hydrogen) atoms. The number of hydrogen-bond donors (Lipinski definition) is 1. The Bertz CT molecular complexity index is 726. The SMILES string of the molecule is Cc1onc(-c2ccccc2)c1C(=O)N1CCO[C@H](C(N)=O)C1. The van der Waals surface area contributed by atoms with Crippen LogP contribution in [0.25, 0.3) is 11.3 Å². The van der Waals surface area contributed by atoms with Crippen molar-refractivity contribution in [3.8, 4) is 11.3 Å². The number of ether oxygens (including phenoxy) is 1. The first-order valence-corrected chi connectivity index (χ1v) is 7.30. The first-order chi connectivity index (χ1) is 11.1. The molecule has 0 saturated carbocycles. The van der Waals surface area contributed by atoms with E-state index in [4.69, 9.17) is 15.0 Å². The van der Waals surface area contributed by atoms with Gasteiger partial charge in [-0.25, -0.2) is 0 Å². The van der Waals surface area contributed by atoms with Gasteiger partial charge in [-0.2, -0.15) is 0 Å². The number of carbonyl (C=O) groups is 2. The second-order valence-corrected chi connectivity index (χ2v) is 5.34. The van der Waals surface area contributed by atoms with E-state index in [0.717, 1.165) is 5.56 Å². The molecule has 7 heteroatoms. The molecule has 1 aromatic carbocycles. The summed E-state index contributed by atoms with van der Waals surface area (Å²) >= 11 is 0. The summed E-state index contributed by atoms with van der Waals surface area (Å²) < 4.78 is 10.5. The van der Waals surface area contributed by atoms with Crippen molar-refractivity contribution in [1.29, 1.82) is 0 Å². The number of nitrogens with two attached hydrogens (primary N) is 1. The Morgan fingerprint density at radius 2 is 2.04 bits per heavy atom. The standard InChI is InChI=1S/C16H17N3O4/c1-10-13(14(18-23-10)11-5-3-2-4-6-11)16(21)19-7-8-22-12(9-19)15(17)20/h2-6,12H,7-9H2,1H3,(H2,17,20)/t12-/m0/s1. The van der Waals surface area contributed by atoms with E-state index in [2.05, 4.69) is 5.16 Å². The van der Waals surface area contributed by atoms with Crippen molar-refractivity contribution >= 4 is 11.8 Å². The predicted molar refractivity (Wildman–Crippen MR) is 81.5 cm³/mol. The van der Waals surface area contributed by atoms with E-state index in [1.165, 1.54) is 0 Å². The molecule has 0 bridgehead atoms. The summed E-state index contributed by atoms with van der Waals surface area (Å²) in [6, 6.07) is 9.34. The van der Waals surface area contributed by atoms with E-state index in [1.54, 1.807) is 11.8 Å². The number of amides is 2. The number of carbonyl (C=O) groups excluding carboxylic acids is 2. The first kappa shape index (κ1) is 15.2. The molecule has 0 spiro atoms. The van der Waals surface area contributed by atoms with Crippen LogP contribution in [0.3, 0.4) is 0 Å². The van der Waals surface area contributed by atoms with Gasteiger partial charge in [0.25, 0.3) is 5.91 Å². The minimum Gasteiger partial charge on any atom is -0.367 e. The second-order valence-electron chi connectivity index (χ2n) is 5.34. The van der Waals surface area contributed by atoms with E-state index in [1.807, 2.05) is 30.3 Å². The third-order valence-corrected chi connectivity index (χ3v) is 3.79. The molecular formula is C16H17N3O4. The number of primary amides is 1. The smallest absolute Gasteiger partial charge is 0.259 e. The highest BCUT2D eigenvalue weighted by atomic mass is 16.5. The molecule has 1 atom stereocenters. The van der Waals surface area contributed by atoms with Crippen molar-refractivity contribution < 1.29 is 18.8 Å². The average Bonchev–Trinajstić information content (AvgIpc) is 2.96. The fourth-order valence-electron chi connectivity index (χ4n) is 2.58. The molecule has 7 nitrogen and oxygen atoms in total. The van der Waals surface area contributed by atoms with E-state index in [-0.39, 0.29) is 19.1 Å². The number of aryl methyl sites for hydroxylation is 1. The third kappa shape index (κ3) is 2.95. The van der Waals surface area contributed by atoms with E-state index in [0.29, 0.717) is 23.6 Å². The van der Waals surface area contributed by atoms with Gasteiger partial charge < -0.3 is 19.9 Å². The van der Waals surface area contributed by atoms with Gasteiger partial charge in [0.2, 0.25) is 5.91 Å². The topological polar surface area (TPSA) is 98.7 Å². The highest BCUT2D eigenvalue weighted by Gasteiger charge is 2.32. The maximum absolute atomic E-state index is 12.9. The molecule has 2 amide bonds. The number of aromatic nitrogens is 1. The summed E-state index contributed by atoms with van der Waals surface area (Å²) in [7, 11) is 0. The third-order valence-electron chi connectivity index (χ3n) is 3.79. The maximum atomic E-state index is 12.9. The fraction of sp³-hybridized carbons (Fsp3) is 0.312. The molecule has 2 heterocycles. The van der Waals surface area contributed by atoms with Crippen LogP contribution in [0, 0.1) is 6.92 Å². The number of morpholine rings is 1. The lowest BCUT2D eigenvalue weighted by molar-refractivity contribution is -0.133. The van der Waals surface area contributed by atoms with Gasteiger partial charge in [-0.15, -0.1) is 0 Å². The summed E-state index contributed by atoms with van der Waals surface area (Å²) in [4.78, 5) is 25.7. The lowest BCUT2D eigenvalue weighted by Crippen LogP contribution is -2.50. The van der Waals surface area contributed by atoms with Crippen LogP contribution in [0.4, 0.5) is 0 Å². The Kier molecular flexibility index (Phi) is 4.12. The molecule has 3 rings (SSSR count). The van der Waals surface area contributed by atoms with Crippen LogP contribution in [-0.2, 0) is 9.53 Å². The highest BCUT2D eigenvalue weighted by molar-refractivity contribution is 6.01. The normalized spacial score (nSPS) is 18.0. The molecule has 0 unspecified atom stereocenters. The Hall–Kier alpha value is -2.67. The Morgan fingerprint density at radius 1 is 1.30 bits per heavy atom. The quantitative estimate of drug-likeness (QED) is 0.910. The lowest BCUT2D eigenvalue weighted by Gasteiger charge is -2.31. The molecule has 1 aliphatic heterocycles.